The zero-order valence-corrected chi connectivity index (χ0v) is 19.2. The lowest BCUT2D eigenvalue weighted by Crippen LogP contribution is -2.25. The number of nitrogens with zero attached hydrogens (tertiary/aromatic N) is 5. The van der Waals surface area contributed by atoms with E-state index in [0.717, 1.165) is 72.9 Å². The van der Waals surface area contributed by atoms with Gasteiger partial charge in [0.05, 0.1) is 23.0 Å². The van der Waals surface area contributed by atoms with Crippen molar-refractivity contribution in [3.8, 4) is 34.4 Å². The molecule has 0 saturated carbocycles. The number of nitrogens with one attached hydrogen (secondary N) is 1. The maximum Gasteiger partial charge on any atom is 0.161 e. The van der Waals surface area contributed by atoms with Crippen molar-refractivity contribution < 1.29 is 0 Å². The number of aryl methyl sites for hydroxylation is 1. The lowest BCUT2D eigenvalue weighted by Gasteiger charge is -2.22. The predicted octanol–water partition coefficient (Wildman–Crippen LogP) is 4.21. The van der Waals surface area contributed by atoms with Crippen LogP contribution in [0.2, 0.25) is 0 Å². The number of nitriles is 1. The van der Waals surface area contributed by atoms with Crippen LogP contribution in [-0.4, -0.2) is 40.3 Å². The standard InChI is InChI=1S/C28H26N6/c1-18-11-31-28-27-9-21(20-4-2-19(10-29)3-5-20)14-33(27)15-22-8-25(6-7-26(22)34(18)28)32-16-23-12-30-13-24(23)17-32/h2-9,11,14,23-24,30H,12-13,15-17H2,1H3. The molecule has 2 saturated heterocycles. The minimum Gasteiger partial charge on any atom is -0.371 e. The summed E-state index contributed by atoms with van der Waals surface area (Å²) in [5, 5.41) is 12.7. The van der Waals surface area contributed by atoms with E-state index in [2.05, 4.69) is 62.8 Å². The van der Waals surface area contributed by atoms with Crippen LogP contribution in [0.3, 0.4) is 0 Å². The minimum atomic E-state index is 0.680. The number of rotatable bonds is 2. The second-order valence-corrected chi connectivity index (χ2v) is 9.89. The molecule has 168 valence electrons. The molecule has 0 aliphatic carbocycles. The molecule has 2 aromatic heterocycles. The SMILES string of the molecule is Cc1cnc2n1-c1ccc(N3CC4CNCC4C3)cc1Cn1cc(-c3ccc(C#N)cc3)cc1-2. The van der Waals surface area contributed by atoms with Gasteiger partial charge in [-0.2, -0.15) is 5.26 Å². The Morgan fingerprint density at radius 3 is 2.56 bits per heavy atom. The quantitative estimate of drug-likeness (QED) is 0.441. The van der Waals surface area contributed by atoms with Crippen molar-refractivity contribution in [2.45, 2.75) is 13.5 Å². The average Bonchev–Trinajstić information content (AvgIpc) is 3.62. The van der Waals surface area contributed by atoms with E-state index in [0.29, 0.717) is 5.56 Å². The van der Waals surface area contributed by atoms with E-state index in [-0.39, 0.29) is 0 Å². The molecular weight excluding hydrogens is 420 g/mol. The summed E-state index contributed by atoms with van der Waals surface area (Å²) in [5.74, 6) is 2.52. The fourth-order valence-corrected chi connectivity index (χ4v) is 6.01. The lowest BCUT2D eigenvalue weighted by molar-refractivity contribution is 0.533. The third kappa shape index (κ3) is 2.94. The van der Waals surface area contributed by atoms with Crippen LogP contribution >= 0.6 is 0 Å². The molecule has 6 heteroatoms. The molecule has 6 nitrogen and oxygen atoms in total. The molecule has 34 heavy (non-hydrogen) atoms. The van der Waals surface area contributed by atoms with Crippen molar-refractivity contribution in [3.63, 3.8) is 0 Å². The zero-order valence-electron chi connectivity index (χ0n) is 19.2. The highest BCUT2D eigenvalue weighted by Crippen LogP contribution is 2.37. The van der Waals surface area contributed by atoms with Gasteiger partial charge in [-0.3, -0.25) is 4.57 Å². The summed E-state index contributed by atoms with van der Waals surface area (Å²) in [4.78, 5) is 7.38. The van der Waals surface area contributed by atoms with E-state index in [9.17, 15) is 0 Å². The minimum absolute atomic E-state index is 0.680. The fraction of sp³-hybridized carbons (Fsp3) is 0.286. The van der Waals surface area contributed by atoms with Gasteiger partial charge >= 0.3 is 0 Å². The lowest BCUT2D eigenvalue weighted by atomic mass is 10.0. The van der Waals surface area contributed by atoms with Crippen LogP contribution in [0.15, 0.2) is 60.9 Å². The topological polar surface area (TPSA) is 61.8 Å². The normalized spacial score (nSPS) is 20.3. The first-order chi connectivity index (χ1) is 16.7. The molecule has 7 rings (SSSR count). The molecule has 3 aliphatic heterocycles. The molecule has 4 aromatic rings. The first-order valence-electron chi connectivity index (χ1n) is 12.0. The first kappa shape index (κ1) is 19.6. The van der Waals surface area contributed by atoms with Crippen molar-refractivity contribution in [2.75, 3.05) is 31.1 Å². The number of anilines is 1. The van der Waals surface area contributed by atoms with Crippen molar-refractivity contribution >= 4 is 5.69 Å². The molecule has 2 fully saturated rings. The van der Waals surface area contributed by atoms with Crippen molar-refractivity contribution in [1.29, 1.82) is 5.26 Å². The number of hydrogen-bond acceptors (Lipinski definition) is 4. The highest BCUT2D eigenvalue weighted by atomic mass is 15.2. The van der Waals surface area contributed by atoms with E-state index < -0.39 is 0 Å². The van der Waals surface area contributed by atoms with Crippen molar-refractivity contribution in [3.05, 3.63) is 77.7 Å². The van der Waals surface area contributed by atoms with Crippen LogP contribution in [0.1, 0.15) is 16.8 Å². The number of aromatic nitrogens is 3. The van der Waals surface area contributed by atoms with E-state index in [4.69, 9.17) is 10.2 Å². The molecule has 0 spiro atoms. The van der Waals surface area contributed by atoms with Gasteiger partial charge in [0, 0.05) is 62.1 Å². The first-order valence-corrected chi connectivity index (χ1v) is 12.0. The van der Waals surface area contributed by atoms with Gasteiger partial charge in [-0.1, -0.05) is 12.1 Å². The molecule has 0 bridgehead atoms. The number of fused-ring (bicyclic) bond motifs is 6. The second kappa shape index (κ2) is 7.34. The Kier molecular flexibility index (Phi) is 4.24. The maximum atomic E-state index is 9.14. The van der Waals surface area contributed by atoms with Crippen LogP contribution in [0.25, 0.3) is 28.3 Å². The summed E-state index contributed by atoms with van der Waals surface area (Å²) in [6.07, 6.45) is 4.19. The molecular formula is C28H26N6. The van der Waals surface area contributed by atoms with Crippen molar-refractivity contribution in [1.82, 2.24) is 19.4 Å². The van der Waals surface area contributed by atoms with Gasteiger partial charge in [-0.05, 0) is 66.3 Å². The monoisotopic (exact) mass is 446 g/mol. The van der Waals surface area contributed by atoms with Gasteiger partial charge in [-0.15, -0.1) is 0 Å². The van der Waals surface area contributed by atoms with Gasteiger partial charge in [-0.25, -0.2) is 4.98 Å². The van der Waals surface area contributed by atoms with Crippen LogP contribution in [-0.2, 0) is 6.54 Å². The molecule has 2 unspecified atom stereocenters. The van der Waals surface area contributed by atoms with Gasteiger partial charge in [0.1, 0.15) is 0 Å². The van der Waals surface area contributed by atoms with E-state index in [1.807, 2.05) is 30.5 Å². The summed E-state index contributed by atoms with van der Waals surface area (Å²) >= 11 is 0. The fourth-order valence-electron chi connectivity index (χ4n) is 6.01. The Balaban J connectivity index is 1.31. The third-order valence-electron chi connectivity index (χ3n) is 7.81. The summed E-state index contributed by atoms with van der Waals surface area (Å²) in [5.41, 5.74) is 9.06. The Bertz CT molecular complexity index is 1440. The highest BCUT2D eigenvalue weighted by Gasteiger charge is 2.36. The second-order valence-electron chi connectivity index (χ2n) is 9.89. The predicted molar refractivity (Wildman–Crippen MR) is 133 cm³/mol. The zero-order chi connectivity index (χ0) is 22.8. The number of hydrogen-bond donors (Lipinski definition) is 1. The summed E-state index contributed by atoms with van der Waals surface area (Å²) in [6, 6.07) is 19.2. The molecule has 2 atom stereocenters. The number of benzene rings is 2. The van der Waals surface area contributed by atoms with Crippen LogP contribution in [0.4, 0.5) is 5.69 Å². The van der Waals surface area contributed by atoms with Gasteiger partial charge in [0.2, 0.25) is 0 Å². The molecule has 0 amide bonds. The largest absolute Gasteiger partial charge is 0.371 e. The van der Waals surface area contributed by atoms with E-state index in [1.54, 1.807) is 0 Å². The Morgan fingerprint density at radius 2 is 1.79 bits per heavy atom. The Morgan fingerprint density at radius 1 is 1.00 bits per heavy atom. The van der Waals surface area contributed by atoms with E-state index in [1.165, 1.54) is 16.9 Å². The summed E-state index contributed by atoms with van der Waals surface area (Å²) < 4.78 is 4.62. The molecule has 5 heterocycles. The van der Waals surface area contributed by atoms with E-state index >= 15 is 0 Å². The molecule has 0 radical (unpaired) electrons. The Hall–Kier alpha value is -3.82. The average molecular weight is 447 g/mol. The number of imidazole rings is 1. The van der Waals surface area contributed by atoms with Crippen LogP contribution in [0, 0.1) is 30.1 Å². The van der Waals surface area contributed by atoms with Gasteiger partial charge in [0.25, 0.3) is 0 Å². The highest BCUT2D eigenvalue weighted by molar-refractivity contribution is 5.73. The third-order valence-corrected chi connectivity index (χ3v) is 7.81. The molecule has 1 N–H and O–H groups in total. The Labute approximate surface area is 199 Å². The van der Waals surface area contributed by atoms with Crippen LogP contribution < -0.4 is 10.2 Å². The maximum absolute atomic E-state index is 9.14. The summed E-state index contributed by atoms with van der Waals surface area (Å²) in [7, 11) is 0. The molecule has 2 aromatic carbocycles. The van der Waals surface area contributed by atoms with Gasteiger partial charge in [0.15, 0.2) is 5.82 Å². The molecule has 3 aliphatic rings. The smallest absolute Gasteiger partial charge is 0.161 e. The summed E-state index contributed by atoms with van der Waals surface area (Å²) in [6.45, 7) is 7.51. The van der Waals surface area contributed by atoms with Crippen molar-refractivity contribution in [2.24, 2.45) is 11.8 Å². The van der Waals surface area contributed by atoms with Crippen LogP contribution in [0.5, 0.6) is 0 Å². The van der Waals surface area contributed by atoms with Gasteiger partial charge < -0.3 is 14.8 Å².